The smallest absolute Gasteiger partial charge is 0.226 e. The highest BCUT2D eigenvalue weighted by Gasteiger charge is 2.22. The molecule has 0 saturated carbocycles. The van der Waals surface area contributed by atoms with Gasteiger partial charge in [0, 0.05) is 21.1 Å². The van der Waals surface area contributed by atoms with Crippen LogP contribution in [0.15, 0.2) is 58.8 Å². The van der Waals surface area contributed by atoms with Gasteiger partial charge in [-0.05, 0) is 42.3 Å². The Morgan fingerprint density at radius 1 is 1.21 bits per heavy atom. The standard InChI is InChI=1S/C21H19ClN2O2S2/c22-14-5-7-16(8-6-14)26-12-21-23-15(13-28-21)11-20(25)24-18-9-10-27-19-4-2-1-3-17(18)19/h1-8,13,18H,9-12H2,(H,24,25). The van der Waals surface area contributed by atoms with Gasteiger partial charge < -0.3 is 10.1 Å². The maximum Gasteiger partial charge on any atom is 0.226 e. The lowest BCUT2D eigenvalue weighted by atomic mass is 10.0. The molecule has 0 bridgehead atoms. The number of thiazole rings is 1. The van der Waals surface area contributed by atoms with E-state index in [1.807, 2.05) is 41.4 Å². The van der Waals surface area contributed by atoms with Crippen molar-refractivity contribution in [3.05, 3.63) is 75.2 Å². The summed E-state index contributed by atoms with van der Waals surface area (Å²) >= 11 is 9.22. The number of rotatable bonds is 6. The summed E-state index contributed by atoms with van der Waals surface area (Å²) in [6.45, 7) is 0.376. The first-order valence-electron chi connectivity index (χ1n) is 9.00. The van der Waals surface area contributed by atoms with Gasteiger partial charge in [0.1, 0.15) is 17.4 Å². The molecule has 1 atom stereocenters. The number of hydrogen-bond acceptors (Lipinski definition) is 5. The summed E-state index contributed by atoms with van der Waals surface area (Å²) in [4.78, 5) is 18.3. The molecule has 1 aromatic heterocycles. The summed E-state index contributed by atoms with van der Waals surface area (Å²) in [5, 5.41) is 6.61. The van der Waals surface area contributed by atoms with Crippen LogP contribution in [0.3, 0.4) is 0 Å². The lowest BCUT2D eigenvalue weighted by Crippen LogP contribution is -2.31. The quantitative estimate of drug-likeness (QED) is 0.578. The highest BCUT2D eigenvalue weighted by Crippen LogP contribution is 2.35. The van der Waals surface area contributed by atoms with Crippen LogP contribution in [-0.4, -0.2) is 16.6 Å². The predicted octanol–water partition coefficient (Wildman–Crippen LogP) is 5.27. The number of carbonyl (C=O) groups excluding carboxylic acids is 1. The summed E-state index contributed by atoms with van der Waals surface area (Å²) < 4.78 is 5.71. The molecule has 1 amide bonds. The number of halogens is 1. The van der Waals surface area contributed by atoms with Crippen molar-refractivity contribution in [2.24, 2.45) is 0 Å². The number of hydrogen-bond donors (Lipinski definition) is 1. The molecule has 144 valence electrons. The molecule has 0 fully saturated rings. The SMILES string of the molecule is O=C(Cc1csc(COc2ccc(Cl)cc2)n1)NC1CCSc2ccccc21. The predicted molar refractivity (Wildman–Crippen MR) is 114 cm³/mol. The molecule has 0 aliphatic carbocycles. The maximum absolute atomic E-state index is 12.5. The highest BCUT2D eigenvalue weighted by molar-refractivity contribution is 7.99. The van der Waals surface area contributed by atoms with Crippen LogP contribution in [-0.2, 0) is 17.8 Å². The molecule has 0 saturated heterocycles. The fourth-order valence-corrected chi connectivity index (χ4v) is 5.03. The number of aromatic nitrogens is 1. The van der Waals surface area contributed by atoms with Gasteiger partial charge >= 0.3 is 0 Å². The maximum atomic E-state index is 12.5. The number of amides is 1. The Morgan fingerprint density at radius 2 is 2.04 bits per heavy atom. The molecule has 4 nitrogen and oxygen atoms in total. The van der Waals surface area contributed by atoms with Crippen molar-refractivity contribution in [3.8, 4) is 5.75 Å². The third-order valence-electron chi connectivity index (χ3n) is 4.41. The van der Waals surface area contributed by atoms with Gasteiger partial charge in [-0.2, -0.15) is 0 Å². The van der Waals surface area contributed by atoms with Crippen molar-refractivity contribution in [3.63, 3.8) is 0 Å². The molecule has 1 N–H and O–H groups in total. The van der Waals surface area contributed by atoms with Crippen LogP contribution in [0.2, 0.25) is 5.02 Å². The average Bonchev–Trinajstić information content (AvgIpc) is 3.15. The van der Waals surface area contributed by atoms with Crippen molar-refractivity contribution < 1.29 is 9.53 Å². The Morgan fingerprint density at radius 3 is 2.89 bits per heavy atom. The minimum absolute atomic E-state index is 0.00201. The summed E-state index contributed by atoms with van der Waals surface area (Å²) in [6, 6.07) is 15.6. The van der Waals surface area contributed by atoms with E-state index in [0.717, 1.165) is 28.6 Å². The second-order valence-corrected chi connectivity index (χ2v) is 8.96. The molecule has 2 aromatic carbocycles. The summed E-state index contributed by atoms with van der Waals surface area (Å²) in [6.07, 6.45) is 1.23. The van der Waals surface area contributed by atoms with Gasteiger partial charge in [0.25, 0.3) is 0 Å². The van der Waals surface area contributed by atoms with E-state index in [2.05, 4.69) is 22.4 Å². The number of thioether (sulfide) groups is 1. The Hall–Kier alpha value is -2.02. The number of ether oxygens (including phenoxy) is 1. The molecule has 1 unspecified atom stereocenters. The first-order valence-corrected chi connectivity index (χ1v) is 11.2. The first kappa shape index (κ1) is 19.3. The second kappa shape index (κ2) is 8.99. The third kappa shape index (κ3) is 4.87. The topological polar surface area (TPSA) is 51.2 Å². The number of carbonyl (C=O) groups is 1. The van der Waals surface area contributed by atoms with Gasteiger partial charge in [-0.15, -0.1) is 23.1 Å². The zero-order valence-electron chi connectivity index (χ0n) is 15.1. The number of nitrogens with zero attached hydrogens (tertiary/aromatic N) is 1. The largest absolute Gasteiger partial charge is 0.486 e. The molecular formula is C21H19ClN2O2S2. The van der Waals surface area contributed by atoms with E-state index in [4.69, 9.17) is 16.3 Å². The Labute approximate surface area is 177 Å². The van der Waals surface area contributed by atoms with Gasteiger partial charge in [0.15, 0.2) is 0 Å². The van der Waals surface area contributed by atoms with Crippen LogP contribution in [0, 0.1) is 0 Å². The lowest BCUT2D eigenvalue weighted by molar-refractivity contribution is -0.121. The molecule has 0 radical (unpaired) electrons. The van der Waals surface area contributed by atoms with Crippen LogP contribution in [0.5, 0.6) is 5.75 Å². The second-order valence-electron chi connectivity index (χ2n) is 6.45. The summed E-state index contributed by atoms with van der Waals surface area (Å²) in [5.74, 6) is 1.76. The molecular weight excluding hydrogens is 412 g/mol. The van der Waals surface area contributed by atoms with Crippen LogP contribution in [0.4, 0.5) is 0 Å². The molecule has 2 heterocycles. The fraction of sp³-hybridized carbons (Fsp3) is 0.238. The first-order chi connectivity index (χ1) is 13.7. The van der Waals surface area contributed by atoms with Crippen molar-refractivity contribution in [1.82, 2.24) is 10.3 Å². The molecule has 7 heteroatoms. The van der Waals surface area contributed by atoms with Crippen LogP contribution >= 0.6 is 34.7 Å². The Balaban J connectivity index is 1.31. The van der Waals surface area contributed by atoms with Gasteiger partial charge in [-0.25, -0.2) is 4.98 Å². The van der Waals surface area contributed by atoms with E-state index < -0.39 is 0 Å². The monoisotopic (exact) mass is 430 g/mol. The number of benzene rings is 2. The molecule has 28 heavy (non-hydrogen) atoms. The minimum Gasteiger partial charge on any atom is -0.486 e. The third-order valence-corrected chi connectivity index (χ3v) is 6.66. The van der Waals surface area contributed by atoms with E-state index in [0.29, 0.717) is 11.6 Å². The van der Waals surface area contributed by atoms with Crippen molar-refractivity contribution in [2.75, 3.05) is 5.75 Å². The van der Waals surface area contributed by atoms with E-state index >= 15 is 0 Å². The van der Waals surface area contributed by atoms with Gasteiger partial charge in [0.05, 0.1) is 18.2 Å². The zero-order valence-corrected chi connectivity index (χ0v) is 17.4. The molecule has 3 aromatic rings. The van der Waals surface area contributed by atoms with Crippen LogP contribution < -0.4 is 10.1 Å². The normalized spacial score (nSPS) is 15.7. The summed E-state index contributed by atoms with van der Waals surface area (Å²) in [5.41, 5.74) is 1.98. The van der Waals surface area contributed by atoms with Crippen LogP contribution in [0.25, 0.3) is 0 Å². The van der Waals surface area contributed by atoms with Gasteiger partial charge in [-0.3, -0.25) is 4.79 Å². The van der Waals surface area contributed by atoms with E-state index in [1.54, 1.807) is 12.1 Å². The van der Waals surface area contributed by atoms with E-state index in [1.165, 1.54) is 21.8 Å². The molecule has 1 aliphatic heterocycles. The van der Waals surface area contributed by atoms with Crippen molar-refractivity contribution in [1.29, 1.82) is 0 Å². The van der Waals surface area contributed by atoms with Crippen LogP contribution in [0.1, 0.15) is 28.7 Å². The molecule has 1 aliphatic rings. The zero-order chi connectivity index (χ0) is 19.3. The Kier molecular flexibility index (Phi) is 6.20. The number of fused-ring (bicyclic) bond motifs is 1. The minimum atomic E-state index is 0.00201. The average molecular weight is 431 g/mol. The van der Waals surface area contributed by atoms with E-state index in [-0.39, 0.29) is 18.4 Å². The summed E-state index contributed by atoms with van der Waals surface area (Å²) in [7, 11) is 0. The fourth-order valence-electron chi connectivity index (χ4n) is 3.07. The van der Waals surface area contributed by atoms with Gasteiger partial charge in [0.2, 0.25) is 5.91 Å². The Bertz CT molecular complexity index is 959. The van der Waals surface area contributed by atoms with E-state index in [9.17, 15) is 4.79 Å². The molecule has 4 rings (SSSR count). The highest BCUT2D eigenvalue weighted by atomic mass is 35.5. The lowest BCUT2D eigenvalue weighted by Gasteiger charge is -2.25. The number of nitrogens with one attached hydrogen (secondary N) is 1. The van der Waals surface area contributed by atoms with Crippen molar-refractivity contribution >= 4 is 40.6 Å². The van der Waals surface area contributed by atoms with Crippen molar-refractivity contribution in [2.45, 2.75) is 30.4 Å². The van der Waals surface area contributed by atoms with Gasteiger partial charge in [-0.1, -0.05) is 29.8 Å². The molecule has 0 spiro atoms.